The molecule has 0 bridgehead atoms. The van der Waals surface area contributed by atoms with Crippen LogP contribution in [-0.2, 0) is 0 Å². The molecule has 0 heterocycles. The number of quaternary nitrogens is 1. The Morgan fingerprint density at radius 3 is 1.83 bits per heavy atom. The second kappa shape index (κ2) is 8.27. The summed E-state index contributed by atoms with van der Waals surface area (Å²) in [5.41, 5.74) is 0.506. The molecule has 0 aromatic carbocycles. The molecule has 0 unspecified atom stereocenters. The minimum absolute atomic E-state index is 0.187. The normalized spacial score (nSPS) is 10.7. The molecule has 1 N–H and O–H groups in total. The van der Waals surface area contributed by atoms with E-state index in [9.17, 15) is 5.11 Å². The summed E-state index contributed by atoms with van der Waals surface area (Å²) >= 11 is 0. The summed E-state index contributed by atoms with van der Waals surface area (Å²) in [6.07, 6.45) is 0. The van der Waals surface area contributed by atoms with Crippen molar-refractivity contribution in [1.29, 1.82) is 0 Å². The van der Waals surface area contributed by atoms with Gasteiger partial charge in [0, 0.05) is 6.54 Å². The van der Waals surface area contributed by atoms with Gasteiger partial charge in [0.2, 0.25) is 0 Å². The van der Waals surface area contributed by atoms with Gasteiger partial charge in [0.15, 0.2) is 0 Å². The highest BCUT2D eigenvalue weighted by atomic mass is 16.3. The fraction of sp³-hybridized carbons (Fsp3) is 0.667. The Kier molecular flexibility index (Phi) is 9.47. The zero-order chi connectivity index (χ0) is 10.1. The average molecular weight is 172 g/mol. The van der Waals surface area contributed by atoms with Gasteiger partial charge >= 0.3 is 0 Å². The minimum atomic E-state index is -0.187. The Hall–Kier alpha value is -0.830. The molecule has 0 saturated heterocycles. The Balaban J connectivity index is 0. The summed E-state index contributed by atoms with van der Waals surface area (Å²) in [7, 11) is 6.25. The van der Waals surface area contributed by atoms with Crippen LogP contribution in [0.15, 0.2) is 17.1 Å². The van der Waals surface area contributed by atoms with E-state index in [1.807, 2.05) is 6.92 Å². The Labute approximate surface area is 75.4 Å². The molecule has 72 valence electrons. The predicted molar refractivity (Wildman–Crippen MR) is 51.5 cm³/mol. The number of hydrogen-bond donors (Lipinski definition) is 1. The van der Waals surface area contributed by atoms with Gasteiger partial charge in [-0.3, -0.25) is 0 Å². The minimum Gasteiger partial charge on any atom is -0.859 e. The first-order valence-electron chi connectivity index (χ1n) is 4.05. The highest BCUT2D eigenvalue weighted by molar-refractivity contribution is 5.88. The van der Waals surface area contributed by atoms with E-state index in [1.54, 1.807) is 6.92 Å². The maximum Gasteiger partial charge on any atom is 0.0661 e. The molecule has 12 heavy (non-hydrogen) atoms. The maximum atomic E-state index is 10.5. The van der Waals surface area contributed by atoms with Gasteiger partial charge in [-0.1, -0.05) is 6.58 Å². The van der Waals surface area contributed by atoms with E-state index in [2.05, 4.69) is 32.7 Å². The zero-order valence-electron chi connectivity index (χ0n) is 8.77. The van der Waals surface area contributed by atoms with Crippen LogP contribution in [0.5, 0.6) is 0 Å². The summed E-state index contributed by atoms with van der Waals surface area (Å²) in [6, 6.07) is 0. The smallest absolute Gasteiger partial charge is 0.0661 e. The maximum absolute atomic E-state index is 10.5. The van der Waals surface area contributed by atoms with Gasteiger partial charge in [0.1, 0.15) is 0 Å². The standard InChI is InChI=1S/C6H11NO.C3H9N/c1-4-7-6(8)5(2)3;1-4(2)3/h2,4H2,1,3H3,(H,7,8);1-3H3. The van der Waals surface area contributed by atoms with Crippen molar-refractivity contribution < 1.29 is 10.0 Å². The van der Waals surface area contributed by atoms with Crippen LogP contribution < -0.4 is 10.0 Å². The molecule has 3 nitrogen and oxygen atoms in total. The van der Waals surface area contributed by atoms with Gasteiger partial charge < -0.3 is 15.0 Å². The third-order valence-corrected chi connectivity index (χ3v) is 0.667. The van der Waals surface area contributed by atoms with Crippen LogP contribution in [0.2, 0.25) is 0 Å². The van der Waals surface area contributed by atoms with Crippen molar-refractivity contribution in [3.05, 3.63) is 12.2 Å². The van der Waals surface area contributed by atoms with Crippen molar-refractivity contribution in [3.8, 4) is 0 Å². The van der Waals surface area contributed by atoms with Crippen molar-refractivity contribution >= 4 is 5.90 Å². The lowest BCUT2D eigenvalue weighted by molar-refractivity contribution is -0.836. The zero-order valence-corrected chi connectivity index (χ0v) is 8.77. The quantitative estimate of drug-likeness (QED) is 0.426. The van der Waals surface area contributed by atoms with Crippen molar-refractivity contribution in [1.82, 2.24) is 0 Å². The van der Waals surface area contributed by atoms with E-state index >= 15 is 0 Å². The van der Waals surface area contributed by atoms with E-state index < -0.39 is 0 Å². The van der Waals surface area contributed by atoms with Crippen LogP contribution in [0.4, 0.5) is 0 Å². The van der Waals surface area contributed by atoms with Gasteiger partial charge in [-0.2, -0.15) is 0 Å². The van der Waals surface area contributed by atoms with Gasteiger partial charge in [-0.05, 0) is 25.3 Å². The molecule has 0 aromatic rings. The van der Waals surface area contributed by atoms with Crippen LogP contribution in [-0.4, -0.2) is 33.6 Å². The first kappa shape index (κ1) is 13.7. The molecule has 0 spiro atoms. The summed E-state index contributed by atoms with van der Waals surface area (Å²) in [5.74, 6) is -0.187. The number of rotatable bonds is 2. The summed E-state index contributed by atoms with van der Waals surface area (Å²) < 4.78 is 0. The monoisotopic (exact) mass is 172 g/mol. The van der Waals surface area contributed by atoms with E-state index in [0.717, 1.165) is 0 Å². The largest absolute Gasteiger partial charge is 0.859 e. The van der Waals surface area contributed by atoms with Crippen molar-refractivity contribution in [2.75, 3.05) is 27.7 Å². The lowest BCUT2D eigenvalue weighted by Crippen LogP contribution is -3.02. The third-order valence-electron chi connectivity index (χ3n) is 0.667. The number of nitrogens with one attached hydrogen (secondary N) is 1. The Morgan fingerprint density at radius 1 is 1.42 bits per heavy atom. The second-order valence-corrected chi connectivity index (χ2v) is 3.06. The molecular weight excluding hydrogens is 152 g/mol. The Morgan fingerprint density at radius 2 is 1.75 bits per heavy atom. The summed E-state index contributed by atoms with van der Waals surface area (Å²) in [5, 5.41) is 10.5. The van der Waals surface area contributed by atoms with Gasteiger partial charge in [-0.15, -0.1) is 0 Å². The van der Waals surface area contributed by atoms with Gasteiger partial charge in [0.25, 0.3) is 0 Å². The lowest BCUT2D eigenvalue weighted by atomic mass is 10.3. The molecule has 3 heteroatoms. The SMILES string of the molecule is C=C(C)C([O-])=NCC.C[NH+](C)C. The molecule has 0 aliphatic carbocycles. The first-order chi connectivity index (χ1) is 5.41. The lowest BCUT2D eigenvalue weighted by Gasteiger charge is -2.07. The third kappa shape index (κ3) is 16.1. The van der Waals surface area contributed by atoms with E-state index in [0.29, 0.717) is 12.1 Å². The van der Waals surface area contributed by atoms with E-state index in [1.165, 1.54) is 4.90 Å². The topological polar surface area (TPSA) is 39.9 Å². The Bertz CT molecular complexity index is 148. The van der Waals surface area contributed by atoms with Crippen LogP contribution in [0.1, 0.15) is 13.8 Å². The molecule has 0 aliphatic rings. The van der Waals surface area contributed by atoms with E-state index in [4.69, 9.17) is 0 Å². The van der Waals surface area contributed by atoms with Crippen molar-refractivity contribution in [2.45, 2.75) is 13.8 Å². The fourth-order valence-electron chi connectivity index (χ4n) is 0.279. The predicted octanol–water partition coefficient (Wildman–Crippen LogP) is -0.898. The van der Waals surface area contributed by atoms with E-state index in [-0.39, 0.29) is 5.90 Å². The first-order valence-corrected chi connectivity index (χ1v) is 4.05. The van der Waals surface area contributed by atoms with Crippen LogP contribution >= 0.6 is 0 Å². The summed E-state index contributed by atoms with van der Waals surface area (Å²) in [6.45, 7) is 7.45. The molecule has 0 aliphatic heterocycles. The number of nitrogens with zero attached hydrogens (tertiary/aromatic N) is 1. The van der Waals surface area contributed by atoms with Crippen molar-refractivity contribution in [2.24, 2.45) is 4.99 Å². The molecule has 0 fully saturated rings. The van der Waals surface area contributed by atoms with Crippen LogP contribution in [0.25, 0.3) is 0 Å². The highest BCUT2D eigenvalue weighted by Crippen LogP contribution is 1.84. The van der Waals surface area contributed by atoms with Gasteiger partial charge in [-0.25, -0.2) is 0 Å². The molecule has 0 atom stereocenters. The molecule has 0 amide bonds. The van der Waals surface area contributed by atoms with Gasteiger partial charge in [0.05, 0.1) is 21.1 Å². The molecule has 0 rings (SSSR count). The molecule has 0 saturated carbocycles. The highest BCUT2D eigenvalue weighted by Gasteiger charge is 1.78. The summed E-state index contributed by atoms with van der Waals surface area (Å²) in [4.78, 5) is 5.00. The number of aliphatic imine (C=N–C) groups is 1. The fourth-order valence-corrected chi connectivity index (χ4v) is 0.279. The number of hydrogen-bond acceptors (Lipinski definition) is 2. The molecule has 0 aromatic heterocycles. The van der Waals surface area contributed by atoms with Crippen molar-refractivity contribution in [3.63, 3.8) is 0 Å². The average Bonchev–Trinajstić information content (AvgIpc) is 1.86. The van der Waals surface area contributed by atoms with Crippen LogP contribution in [0.3, 0.4) is 0 Å². The molecular formula is C9H20N2O. The van der Waals surface area contributed by atoms with Crippen LogP contribution in [0, 0.1) is 0 Å². The molecule has 0 radical (unpaired) electrons. The second-order valence-electron chi connectivity index (χ2n) is 3.06.